The fourth-order valence-electron chi connectivity index (χ4n) is 3.04. The summed E-state index contributed by atoms with van der Waals surface area (Å²) < 4.78 is 0. The van der Waals surface area contributed by atoms with E-state index in [1.807, 2.05) is 0 Å². The lowest BCUT2D eigenvalue weighted by Gasteiger charge is -2.36. The Kier molecular flexibility index (Phi) is 2.16. The number of rotatable bonds is 0. The van der Waals surface area contributed by atoms with Crippen molar-refractivity contribution in [3.05, 3.63) is 35.5 Å². The van der Waals surface area contributed by atoms with Crippen molar-refractivity contribution in [3.8, 4) is 0 Å². The zero-order valence-electron chi connectivity index (χ0n) is 9.11. The highest BCUT2D eigenvalue weighted by Gasteiger charge is 2.37. The lowest BCUT2D eigenvalue weighted by atomic mass is 9.67. The highest BCUT2D eigenvalue weighted by Crippen LogP contribution is 2.42. The van der Waals surface area contributed by atoms with Crippen LogP contribution < -0.4 is 0 Å². The SMILES string of the molecule is O=C1CC2=CC=C3C=CCCC3C2CC1=O. The molecule has 0 heterocycles. The second-order valence-corrected chi connectivity index (χ2v) is 4.83. The van der Waals surface area contributed by atoms with Crippen molar-refractivity contribution >= 4 is 11.6 Å². The minimum absolute atomic E-state index is 0.169. The number of carbonyl (C=O) groups is 2. The zero-order chi connectivity index (χ0) is 11.1. The Morgan fingerprint density at radius 1 is 1.06 bits per heavy atom. The minimum Gasteiger partial charge on any atom is -0.291 e. The largest absolute Gasteiger partial charge is 0.291 e. The van der Waals surface area contributed by atoms with Crippen molar-refractivity contribution in [2.24, 2.45) is 11.8 Å². The quantitative estimate of drug-likeness (QED) is 0.580. The summed E-state index contributed by atoms with van der Waals surface area (Å²) in [6, 6.07) is 0. The summed E-state index contributed by atoms with van der Waals surface area (Å²) in [6.07, 6.45) is 11.5. The minimum atomic E-state index is -0.203. The molecule has 0 spiro atoms. The van der Waals surface area contributed by atoms with Gasteiger partial charge in [-0.05, 0) is 30.3 Å². The molecule has 82 valence electrons. The van der Waals surface area contributed by atoms with Gasteiger partial charge in [0.15, 0.2) is 5.78 Å². The Morgan fingerprint density at radius 2 is 1.94 bits per heavy atom. The van der Waals surface area contributed by atoms with Gasteiger partial charge in [0.1, 0.15) is 0 Å². The van der Waals surface area contributed by atoms with Crippen molar-refractivity contribution in [3.63, 3.8) is 0 Å². The molecule has 0 radical (unpaired) electrons. The Balaban J connectivity index is 1.97. The number of Topliss-reactive ketones (excluding diaryl/α,β-unsaturated/α-hetero) is 2. The first-order valence-electron chi connectivity index (χ1n) is 5.89. The molecule has 3 aliphatic carbocycles. The second-order valence-electron chi connectivity index (χ2n) is 4.83. The van der Waals surface area contributed by atoms with E-state index in [1.165, 1.54) is 11.1 Å². The molecule has 2 atom stereocenters. The Hall–Kier alpha value is -1.44. The van der Waals surface area contributed by atoms with Gasteiger partial charge in [0.05, 0.1) is 0 Å². The van der Waals surface area contributed by atoms with Crippen LogP contribution in [0.2, 0.25) is 0 Å². The molecule has 0 aromatic carbocycles. The van der Waals surface area contributed by atoms with E-state index in [9.17, 15) is 9.59 Å². The number of hydrogen-bond donors (Lipinski definition) is 0. The third-order valence-corrected chi connectivity index (χ3v) is 3.92. The first-order chi connectivity index (χ1) is 7.75. The molecule has 0 bridgehead atoms. The number of allylic oxidation sites excluding steroid dienone is 6. The zero-order valence-corrected chi connectivity index (χ0v) is 9.11. The van der Waals surface area contributed by atoms with Gasteiger partial charge in [-0.2, -0.15) is 0 Å². The topological polar surface area (TPSA) is 34.1 Å². The van der Waals surface area contributed by atoms with Crippen LogP contribution in [-0.4, -0.2) is 11.6 Å². The van der Waals surface area contributed by atoms with Crippen LogP contribution in [0.5, 0.6) is 0 Å². The molecule has 0 N–H and O–H groups in total. The van der Waals surface area contributed by atoms with Crippen LogP contribution in [0.15, 0.2) is 35.5 Å². The normalized spacial score (nSPS) is 32.8. The lowest BCUT2D eigenvalue weighted by molar-refractivity contribution is -0.138. The van der Waals surface area contributed by atoms with Crippen LogP contribution in [0.25, 0.3) is 0 Å². The molecule has 0 aromatic heterocycles. The van der Waals surface area contributed by atoms with Crippen molar-refractivity contribution in [2.45, 2.75) is 25.7 Å². The summed E-state index contributed by atoms with van der Waals surface area (Å²) in [5.74, 6) is 0.404. The second kappa shape index (κ2) is 3.55. The molecule has 3 aliphatic rings. The summed E-state index contributed by atoms with van der Waals surface area (Å²) in [6.45, 7) is 0. The van der Waals surface area contributed by atoms with Crippen LogP contribution in [-0.2, 0) is 9.59 Å². The van der Waals surface area contributed by atoms with E-state index in [0.717, 1.165) is 12.8 Å². The van der Waals surface area contributed by atoms with Crippen LogP contribution in [0, 0.1) is 11.8 Å². The summed E-state index contributed by atoms with van der Waals surface area (Å²) in [5, 5.41) is 0. The number of fused-ring (bicyclic) bond motifs is 3. The average molecular weight is 214 g/mol. The molecule has 0 saturated heterocycles. The van der Waals surface area contributed by atoms with Crippen LogP contribution in [0.4, 0.5) is 0 Å². The monoisotopic (exact) mass is 214 g/mol. The van der Waals surface area contributed by atoms with Gasteiger partial charge in [-0.15, -0.1) is 0 Å². The lowest BCUT2D eigenvalue weighted by Crippen LogP contribution is -2.33. The summed E-state index contributed by atoms with van der Waals surface area (Å²) >= 11 is 0. The molecule has 2 unspecified atom stereocenters. The predicted octanol–water partition coefficient (Wildman–Crippen LogP) is 2.37. The first kappa shape index (κ1) is 9.76. The highest BCUT2D eigenvalue weighted by molar-refractivity contribution is 6.38. The maximum Gasteiger partial charge on any atom is 0.202 e. The van der Waals surface area contributed by atoms with Crippen molar-refractivity contribution in [1.82, 2.24) is 0 Å². The van der Waals surface area contributed by atoms with Gasteiger partial charge >= 0.3 is 0 Å². The number of carbonyl (C=O) groups excluding carboxylic acids is 2. The van der Waals surface area contributed by atoms with Gasteiger partial charge in [-0.3, -0.25) is 9.59 Å². The molecule has 0 amide bonds. The van der Waals surface area contributed by atoms with Gasteiger partial charge in [0.2, 0.25) is 5.78 Å². The van der Waals surface area contributed by atoms with Gasteiger partial charge in [-0.1, -0.05) is 29.9 Å². The van der Waals surface area contributed by atoms with E-state index in [4.69, 9.17) is 0 Å². The van der Waals surface area contributed by atoms with Crippen LogP contribution >= 0.6 is 0 Å². The van der Waals surface area contributed by atoms with Crippen LogP contribution in [0.1, 0.15) is 25.7 Å². The Bertz CT molecular complexity index is 451. The fourth-order valence-corrected chi connectivity index (χ4v) is 3.04. The molecule has 2 nitrogen and oxygen atoms in total. The molecule has 3 rings (SSSR count). The van der Waals surface area contributed by atoms with E-state index in [2.05, 4.69) is 24.3 Å². The van der Waals surface area contributed by atoms with Gasteiger partial charge < -0.3 is 0 Å². The van der Waals surface area contributed by atoms with E-state index in [1.54, 1.807) is 0 Å². The van der Waals surface area contributed by atoms with Gasteiger partial charge in [0.25, 0.3) is 0 Å². The maximum absolute atomic E-state index is 11.5. The molecule has 1 fully saturated rings. The third-order valence-electron chi connectivity index (χ3n) is 3.92. The standard InChI is InChI=1S/C14H14O2/c15-13-7-10-6-5-9-3-1-2-4-11(9)12(10)8-14(13)16/h1,3,5-6,11-12H,2,4,7-8H2. The molecular weight excluding hydrogens is 200 g/mol. The highest BCUT2D eigenvalue weighted by atomic mass is 16.2. The first-order valence-corrected chi connectivity index (χ1v) is 5.89. The maximum atomic E-state index is 11.5. The predicted molar refractivity (Wildman–Crippen MR) is 60.8 cm³/mol. The fraction of sp³-hybridized carbons (Fsp3) is 0.429. The smallest absolute Gasteiger partial charge is 0.202 e. The van der Waals surface area contributed by atoms with Crippen molar-refractivity contribution in [1.29, 1.82) is 0 Å². The Morgan fingerprint density at radius 3 is 2.81 bits per heavy atom. The van der Waals surface area contributed by atoms with E-state index in [0.29, 0.717) is 24.7 Å². The molecule has 0 aromatic rings. The molecule has 2 heteroatoms. The van der Waals surface area contributed by atoms with Gasteiger partial charge in [0, 0.05) is 12.8 Å². The number of ketones is 2. The summed E-state index contributed by atoms with van der Waals surface area (Å²) in [4.78, 5) is 22.9. The van der Waals surface area contributed by atoms with E-state index < -0.39 is 0 Å². The van der Waals surface area contributed by atoms with Crippen molar-refractivity contribution < 1.29 is 9.59 Å². The average Bonchev–Trinajstić information content (AvgIpc) is 2.31. The summed E-state index contributed by atoms with van der Waals surface area (Å²) in [5.41, 5.74) is 2.51. The molecular formula is C14H14O2. The third kappa shape index (κ3) is 1.41. The van der Waals surface area contributed by atoms with E-state index in [-0.39, 0.29) is 11.6 Å². The van der Waals surface area contributed by atoms with Gasteiger partial charge in [-0.25, -0.2) is 0 Å². The molecule has 1 saturated carbocycles. The van der Waals surface area contributed by atoms with E-state index >= 15 is 0 Å². The summed E-state index contributed by atoms with van der Waals surface area (Å²) in [7, 11) is 0. The Labute approximate surface area is 94.7 Å². The van der Waals surface area contributed by atoms with Crippen LogP contribution in [0.3, 0.4) is 0 Å². The molecule has 16 heavy (non-hydrogen) atoms. The molecule has 0 aliphatic heterocycles. The number of hydrogen-bond acceptors (Lipinski definition) is 2. The van der Waals surface area contributed by atoms with Crippen molar-refractivity contribution in [2.75, 3.05) is 0 Å².